The highest BCUT2D eigenvalue weighted by Crippen LogP contribution is 2.36. The van der Waals surface area contributed by atoms with Crippen LogP contribution in [0, 0.1) is 0 Å². The van der Waals surface area contributed by atoms with Crippen molar-refractivity contribution in [2.75, 3.05) is 37.2 Å². The van der Waals surface area contributed by atoms with Gasteiger partial charge in [0.15, 0.2) is 0 Å². The summed E-state index contributed by atoms with van der Waals surface area (Å²) < 4.78 is 1.81. The van der Waals surface area contributed by atoms with E-state index in [1.165, 1.54) is 11.8 Å². The Bertz CT molecular complexity index is 871. The molecule has 0 atom stereocenters. The molecule has 1 N–H and O–H groups in total. The molecular formula is C18H22ClN7O2S. The zero-order chi connectivity index (χ0) is 20.2. The van der Waals surface area contributed by atoms with Gasteiger partial charge in [-0.15, -0.1) is 5.10 Å². The van der Waals surface area contributed by atoms with Gasteiger partial charge in [0.1, 0.15) is 0 Å². The third-order valence-electron chi connectivity index (χ3n) is 4.91. The lowest BCUT2D eigenvalue weighted by Gasteiger charge is -2.22. The minimum atomic E-state index is -0.167. The van der Waals surface area contributed by atoms with Crippen molar-refractivity contribution in [3.05, 3.63) is 29.3 Å². The van der Waals surface area contributed by atoms with Crippen molar-refractivity contribution in [1.29, 1.82) is 0 Å². The van der Waals surface area contributed by atoms with Crippen LogP contribution in [0.2, 0.25) is 5.02 Å². The Morgan fingerprint density at radius 1 is 1.10 bits per heavy atom. The van der Waals surface area contributed by atoms with Crippen molar-refractivity contribution < 1.29 is 9.59 Å². The van der Waals surface area contributed by atoms with Crippen molar-refractivity contribution in [1.82, 2.24) is 30.0 Å². The SMILES string of the molecule is O=C(CSc1nnnn1C1CC1)N1CCCN(C(=O)Nc2ccc(Cl)cc2)CC1. The number of rotatable bonds is 5. The first kappa shape index (κ1) is 20.0. The number of anilines is 1. The number of halogens is 1. The van der Waals surface area contributed by atoms with Gasteiger partial charge in [0.2, 0.25) is 11.1 Å². The Labute approximate surface area is 177 Å². The van der Waals surface area contributed by atoms with Crippen LogP contribution in [0.15, 0.2) is 29.4 Å². The molecule has 1 aliphatic heterocycles. The van der Waals surface area contributed by atoms with Crippen molar-refractivity contribution in [3.8, 4) is 0 Å². The summed E-state index contributed by atoms with van der Waals surface area (Å²) in [4.78, 5) is 28.7. The first-order chi connectivity index (χ1) is 14.1. The van der Waals surface area contributed by atoms with Crippen LogP contribution in [0.5, 0.6) is 0 Å². The van der Waals surface area contributed by atoms with E-state index in [1.807, 2.05) is 9.58 Å². The highest BCUT2D eigenvalue weighted by molar-refractivity contribution is 7.99. The first-order valence-electron chi connectivity index (χ1n) is 9.60. The van der Waals surface area contributed by atoms with Crippen molar-refractivity contribution in [2.24, 2.45) is 0 Å². The van der Waals surface area contributed by atoms with Crippen molar-refractivity contribution in [3.63, 3.8) is 0 Å². The molecule has 0 radical (unpaired) electrons. The topological polar surface area (TPSA) is 96.2 Å². The molecule has 4 rings (SSSR count). The molecule has 1 aromatic carbocycles. The molecule has 1 saturated heterocycles. The molecular weight excluding hydrogens is 414 g/mol. The molecule has 1 saturated carbocycles. The van der Waals surface area contributed by atoms with Gasteiger partial charge in [-0.1, -0.05) is 23.4 Å². The predicted molar refractivity (Wildman–Crippen MR) is 110 cm³/mol. The average Bonchev–Trinajstić information content (AvgIpc) is 3.50. The maximum Gasteiger partial charge on any atom is 0.321 e. The molecule has 2 aliphatic rings. The highest BCUT2D eigenvalue weighted by Gasteiger charge is 2.28. The van der Waals surface area contributed by atoms with Crippen LogP contribution < -0.4 is 5.32 Å². The van der Waals surface area contributed by atoms with Gasteiger partial charge < -0.3 is 15.1 Å². The van der Waals surface area contributed by atoms with Gasteiger partial charge in [-0.05, 0) is 54.0 Å². The van der Waals surface area contributed by atoms with Crippen molar-refractivity contribution in [2.45, 2.75) is 30.5 Å². The van der Waals surface area contributed by atoms with E-state index in [0.29, 0.717) is 53.8 Å². The molecule has 2 fully saturated rings. The summed E-state index contributed by atoms with van der Waals surface area (Å²) >= 11 is 7.25. The average molecular weight is 436 g/mol. The number of thioether (sulfide) groups is 1. The second-order valence-electron chi connectivity index (χ2n) is 7.08. The molecule has 3 amide bonds. The number of benzene rings is 1. The summed E-state index contributed by atoms with van der Waals surface area (Å²) in [7, 11) is 0. The zero-order valence-electron chi connectivity index (χ0n) is 15.8. The maximum absolute atomic E-state index is 12.6. The third kappa shape index (κ3) is 5.18. The Hall–Kier alpha value is -2.33. The highest BCUT2D eigenvalue weighted by atomic mass is 35.5. The smallest absolute Gasteiger partial charge is 0.321 e. The number of urea groups is 1. The van der Waals surface area contributed by atoms with Crippen LogP contribution in [0.4, 0.5) is 10.5 Å². The molecule has 29 heavy (non-hydrogen) atoms. The summed E-state index contributed by atoms with van der Waals surface area (Å²) in [6.45, 7) is 2.25. The Balaban J connectivity index is 1.26. The van der Waals surface area contributed by atoms with Crippen LogP contribution >= 0.6 is 23.4 Å². The molecule has 2 aromatic rings. The van der Waals surface area contributed by atoms with E-state index in [-0.39, 0.29) is 11.9 Å². The van der Waals surface area contributed by atoms with Gasteiger partial charge in [-0.25, -0.2) is 9.48 Å². The van der Waals surface area contributed by atoms with Gasteiger partial charge in [0.25, 0.3) is 0 Å². The summed E-state index contributed by atoms with van der Waals surface area (Å²) in [6, 6.07) is 7.21. The van der Waals surface area contributed by atoms with E-state index in [9.17, 15) is 9.59 Å². The van der Waals surface area contributed by atoms with Crippen molar-refractivity contribution >= 4 is 41.0 Å². The summed E-state index contributed by atoms with van der Waals surface area (Å²) in [6.07, 6.45) is 2.92. The molecule has 9 nitrogen and oxygen atoms in total. The summed E-state index contributed by atoms with van der Waals surface area (Å²) in [5, 5.41) is 15.9. The molecule has 0 unspecified atom stereocenters. The molecule has 1 aliphatic carbocycles. The lowest BCUT2D eigenvalue weighted by molar-refractivity contribution is -0.128. The largest absolute Gasteiger partial charge is 0.340 e. The van der Waals surface area contributed by atoms with E-state index in [4.69, 9.17) is 11.6 Å². The molecule has 0 spiro atoms. The van der Waals surface area contributed by atoms with E-state index in [2.05, 4.69) is 20.8 Å². The fraction of sp³-hybridized carbons (Fsp3) is 0.500. The molecule has 154 valence electrons. The minimum Gasteiger partial charge on any atom is -0.340 e. The van der Waals surface area contributed by atoms with Gasteiger partial charge in [0, 0.05) is 36.9 Å². The Morgan fingerprint density at radius 2 is 1.83 bits per heavy atom. The fourth-order valence-electron chi connectivity index (χ4n) is 3.15. The number of carbonyl (C=O) groups excluding carboxylic acids is 2. The Morgan fingerprint density at radius 3 is 2.59 bits per heavy atom. The first-order valence-corrected chi connectivity index (χ1v) is 11.0. The number of tetrazole rings is 1. The number of carbonyl (C=O) groups is 2. The van der Waals surface area contributed by atoms with Crippen LogP contribution in [-0.4, -0.2) is 73.9 Å². The fourth-order valence-corrected chi connectivity index (χ4v) is 4.13. The predicted octanol–water partition coefficient (Wildman–Crippen LogP) is 2.52. The minimum absolute atomic E-state index is 0.0420. The number of nitrogens with one attached hydrogen (secondary N) is 1. The van der Waals surface area contributed by atoms with Crippen LogP contribution in [-0.2, 0) is 4.79 Å². The second-order valence-corrected chi connectivity index (χ2v) is 8.46. The van der Waals surface area contributed by atoms with E-state index in [0.717, 1.165) is 19.3 Å². The number of nitrogens with zero attached hydrogens (tertiary/aromatic N) is 6. The normalized spacial score (nSPS) is 17.1. The van der Waals surface area contributed by atoms with Crippen LogP contribution in [0.1, 0.15) is 25.3 Å². The van der Waals surface area contributed by atoms with Crippen LogP contribution in [0.3, 0.4) is 0 Å². The Kier molecular flexibility index (Phi) is 6.19. The molecule has 0 bridgehead atoms. The monoisotopic (exact) mass is 435 g/mol. The van der Waals surface area contributed by atoms with Gasteiger partial charge in [-0.2, -0.15) is 0 Å². The molecule has 11 heteroatoms. The molecule has 2 heterocycles. The maximum atomic E-state index is 12.6. The van der Waals surface area contributed by atoms with E-state index >= 15 is 0 Å². The lowest BCUT2D eigenvalue weighted by atomic mass is 10.3. The van der Waals surface area contributed by atoms with Gasteiger partial charge >= 0.3 is 6.03 Å². The van der Waals surface area contributed by atoms with E-state index < -0.39 is 0 Å². The summed E-state index contributed by atoms with van der Waals surface area (Å²) in [5.74, 6) is 0.338. The van der Waals surface area contributed by atoms with E-state index in [1.54, 1.807) is 29.2 Å². The standard InChI is InChI=1S/C18H22ClN7O2S/c19-13-2-4-14(5-3-13)20-17(28)25-9-1-8-24(10-11-25)16(27)12-29-18-21-22-23-26(18)15-6-7-15/h2-5,15H,1,6-12H2,(H,20,28). The molecule has 1 aromatic heterocycles. The quantitative estimate of drug-likeness (QED) is 0.725. The van der Waals surface area contributed by atoms with Crippen LogP contribution in [0.25, 0.3) is 0 Å². The number of hydrogen-bond donors (Lipinski definition) is 1. The second kappa shape index (κ2) is 9.00. The number of aromatic nitrogens is 4. The number of amides is 3. The zero-order valence-corrected chi connectivity index (χ0v) is 17.4. The lowest BCUT2D eigenvalue weighted by Crippen LogP contribution is -2.39. The third-order valence-corrected chi connectivity index (χ3v) is 6.08. The van der Waals surface area contributed by atoms with Gasteiger partial charge in [0.05, 0.1) is 11.8 Å². The number of hydrogen-bond acceptors (Lipinski definition) is 6. The summed E-state index contributed by atoms with van der Waals surface area (Å²) in [5.41, 5.74) is 0.696. The van der Waals surface area contributed by atoms with Gasteiger partial charge in [-0.3, -0.25) is 4.79 Å².